The fraction of sp³-hybridized carbons (Fsp3) is 0.188. The van der Waals surface area contributed by atoms with Crippen molar-refractivity contribution in [2.45, 2.75) is 6.92 Å². The van der Waals surface area contributed by atoms with Gasteiger partial charge in [-0.1, -0.05) is 24.3 Å². The molecule has 0 saturated heterocycles. The summed E-state index contributed by atoms with van der Waals surface area (Å²) in [5.41, 5.74) is 1.00. The molecule has 0 aliphatic rings. The molecule has 0 spiro atoms. The largest absolute Gasteiger partial charge is 0.481 e. The first kappa shape index (κ1) is 15.5. The van der Waals surface area contributed by atoms with Crippen molar-refractivity contribution in [1.82, 2.24) is 9.97 Å². The molecule has 1 heterocycles. The number of allylic oxidation sites excluding steroid dienone is 1. The highest BCUT2D eigenvalue weighted by atomic mass is 16.5. The molecule has 0 bridgehead atoms. The van der Waals surface area contributed by atoms with Gasteiger partial charge in [-0.15, -0.1) is 0 Å². The minimum absolute atomic E-state index is 0.132. The Labute approximate surface area is 128 Å². The topological polar surface area (TPSA) is 70.5 Å². The van der Waals surface area contributed by atoms with Crippen LogP contribution in [-0.2, 0) is 9.53 Å². The van der Waals surface area contributed by atoms with Gasteiger partial charge in [-0.3, -0.25) is 0 Å². The zero-order valence-corrected chi connectivity index (χ0v) is 12.6. The molecule has 0 N–H and O–H groups in total. The van der Waals surface area contributed by atoms with Gasteiger partial charge in [0.1, 0.15) is 5.75 Å². The summed E-state index contributed by atoms with van der Waals surface area (Å²) in [5.74, 6) is 0.404. The fourth-order valence-corrected chi connectivity index (χ4v) is 1.86. The average molecular weight is 300 g/mol. The number of carbonyl (C=O) groups is 1. The molecule has 6 heteroatoms. The van der Waals surface area contributed by atoms with Gasteiger partial charge in [-0.05, 0) is 13.0 Å². The van der Waals surface area contributed by atoms with Crippen molar-refractivity contribution in [3.63, 3.8) is 0 Å². The summed E-state index contributed by atoms with van der Waals surface area (Å²) in [5, 5.41) is 0. The van der Waals surface area contributed by atoms with Gasteiger partial charge in [0.05, 0.1) is 19.8 Å². The van der Waals surface area contributed by atoms with Crippen molar-refractivity contribution in [1.29, 1.82) is 0 Å². The molecule has 6 nitrogen and oxygen atoms in total. The normalized spacial score (nSPS) is 11.0. The number of methoxy groups -OCH3 is 2. The summed E-state index contributed by atoms with van der Waals surface area (Å²) in [6.07, 6.45) is 3.20. The third-order valence-corrected chi connectivity index (χ3v) is 2.89. The molecular formula is C16H16N2O4. The van der Waals surface area contributed by atoms with Crippen LogP contribution in [0.15, 0.2) is 42.6 Å². The number of benzene rings is 1. The highest BCUT2D eigenvalue weighted by Crippen LogP contribution is 2.29. The van der Waals surface area contributed by atoms with E-state index in [1.165, 1.54) is 20.4 Å². The molecule has 0 aliphatic carbocycles. The summed E-state index contributed by atoms with van der Waals surface area (Å²) >= 11 is 0. The Morgan fingerprint density at radius 2 is 1.95 bits per heavy atom. The molecule has 0 unspecified atom stereocenters. The van der Waals surface area contributed by atoms with Gasteiger partial charge in [-0.25, -0.2) is 9.78 Å². The smallest absolute Gasteiger partial charge is 0.338 e. The molecule has 2 aromatic rings. The molecule has 0 fully saturated rings. The highest BCUT2D eigenvalue weighted by molar-refractivity contribution is 6.17. The molecule has 1 aromatic carbocycles. The maximum absolute atomic E-state index is 11.9. The minimum atomic E-state index is -0.440. The Balaban J connectivity index is 2.38. The summed E-state index contributed by atoms with van der Waals surface area (Å²) < 4.78 is 15.5. The number of rotatable bonds is 5. The lowest BCUT2D eigenvalue weighted by molar-refractivity contribution is -0.133. The highest BCUT2D eigenvalue weighted by Gasteiger charge is 2.17. The Morgan fingerprint density at radius 1 is 1.18 bits per heavy atom. The van der Waals surface area contributed by atoms with Crippen molar-refractivity contribution in [3.05, 3.63) is 48.2 Å². The van der Waals surface area contributed by atoms with Crippen LogP contribution < -0.4 is 9.47 Å². The Kier molecular flexibility index (Phi) is 5.08. The van der Waals surface area contributed by atoms with Crippen molar-refractivity contribution in [3.8, 4) is 17.6 Å². The number of ether oxygens (including phenoxy) is 3. The summed E-state index contributed by atoms with van der Waals surface area (Å²) in [4.78, 5) is 20.0. The van der Waals surface area contributed by atoms with Gasteiger partial charge < -0.3 is 14.2 Å². The molecular weight excluding hydrogens is 284 g/mol. The first-order valence-electron chi connectivity index (χ1n) is 6.58. The second-order valence-corrected chi connectivity index (χ2v) is 4.17. The number of hydrogen-bond donors (Lipinski definition) is 0. The lowest BCUT2D eigenvalue weighted by atomic mass is 10.0. The van der Waals surface area contributed by atoms with Crippen LogP contribution in [0.5, 0.6) is 17.6 Å². The molecule has 1 aromatic heterocycles. The van der Waals surface area contributed by atoms with E-state index in [1.54, 1.807) is 43.3 Å². The van der Waals surface area contributed by atoms with E-state index in [9.17, 15) is 4.79 Å². The first-order chi connectivity index (χ1) is 10.7. The second-order valence-electron chi connectivity index (χ2n) is 4.17. The van der Waals surface area contributed by atoms with E-state index in [4.69, 9.17) is 14.2 Å². The predicted octanol–water partition coefficient (Wildman–Crippen LogP) is 2.85. The van der Waals surface area contributed by atoms with Gasteiger partial charge in [0.25, 0.3) is 0 Å². The van der Waals surface area contributed by atoms with Gasteiger partial charge in [0, 0.05) is 17.8 Å². The summed E-state index contributed by atoms with van der Waals surface area (Å²) in [7, 11) is 2.84. The van der Waals surface area contributed by atoms with Gasteiger partial charge in [-0.2, -0.15) is 4.98 Å². The average Bonchev–Trinajstić information content (AvgIpc) is 2.57. The standard InChI is InChI=1S/C16H16N2O4/c1-4-11(15(19)21-3)12-7-5-6-8-13(12)22-16-17-10-9-14(18-16)20-2/h4-10H,1-3H3. The number of para-hydroxylation sites is 1. The van der Waals surface area contributed by atoms with E-state index < -0.39 is 5.97 Å². The molecule has 114 valence electrons. The lowest BCUT2D eigenvalue weighted by Gasteiger charge is -2.11. The van der Waals surface area contributed by atoms with Gasteiger partial charge in [0.2, 0.25) is 5.88 Å². The lowest BCUT2D eigenvalue weighted by Crippen LogP contribution is -2.05. The van der Waals surface area contributed by atoms with E-state index in [-0.39, 0.29) is 6.01 Å². The van der Waals surface area contributed by atoms with Crippen molar-refractivity contribution in [2.24, 2.45) is 0 Å². The zero-order valence-electron chi connectivity index (χ0n) is 12.6. The molecule has 2 rings (SSSR count). The maximum atomic E-state index is 11.9. The van der Waals surface area contributed by atoms with Crippen LogP contribution in [0.3, 0.4) is 0 Å². The molecule has 0 atom stereocenters. The van der Waals surface area contributed by atoms with Gasteiger partial charge in [0.15, 0.2) is 0 Å². The Hall–Kier alpha value is -2.89. The molecule has 0 aliphatic heterocycles. The second kappa shape index (κ2) is 7.21. The number of hydrogen-bond acceptors (Lipinski definition) is 6. The maximum Gasteiger partial charge on any atom is 0.338 e. The monoisotopic (exact) mass is 300 g/mol. The quantitative estimate of drug-likeness (QED) is 0.624. The van der Waals surface area contributed by atoms with Crippen LogP contribution >= 0.6 is 0 Å². The van der Waals surface area contributed by atoms with Crippen LogP contribution in [0.25, 0.3) is 5.57 Å². The van der Waals surface area contributed by atoms with E-state index >= 15 is 0 Å². The number of aromatic nitrogens is 2. The number of nitrogens with zero attached hydrogens (tertiary/aromatic N) is 2. The molecule has 0 saturated carbocycles. The van der Waals surface area contributed by atoms with Crippen LogP contribution in [0, 0.1) is 0 Å². The van der Waals surface area contributed by atoms with Crippen LogP contribution in [0.2, 0.25) is 0 Å². The van der Waals surface area contributed by atoms with Crippen LogP contribution in [0.1, 0.15) is 12.5 Å². The SMILES string of the molecule is CC=C(C(=O)OC)c1ccccc1Oc1nccc(OC)n1. The number of esters is 1. The minimum Gasteiger partial charge on any atom is -0.481 e. The predicted molar refractivity (Wildman–Crippen MR) is 80.8 cm³/mol. The molecule has 22 heavy (non-hydrogen) atoms. The van der Waals surface area contributed by atoms with Gasteiger partial charge >= 0.3 is 12.0 Å². The van der Waals surface area contributed by atoms with E-state index in [0.29, 0.717) is 22.8 Å². The van der Waals surface area contributed by atoms with Crippen molar-refractivity contribution >= 4 is 11.5 Å². The van der Waals surface area contributed by atoms with Crippen molar-refractivity contribution in [2.75, 3.05) is 14.2 Å². The molecule has 0 amide bonds. The van der Waals surface area contributed by atoms with Crippen LogP contribution in [0.4, 0.5) is 0 Å². The first-order valence-corrected chi connectivity index (χ1v) is 6.58. The zero-order chi connectivity index (χ0) is 15.9. The Bertz CT molecular complexity index is 698. The fourth-order valence-electron chi connectivity index (χ4n) is 1.86. The summed E-state index contributed by atoms with van der Waals surface area (Å²) in [6.45, 7) is 1.76. The van der Waals surface area contributed by atoms with Crippen LogP contribution in [-0.4, -0.2) is 30.2 Å². The third kappa shape index (κ3) is 3.41. The third-order valence-electron chi connectivity index (χ3n) is 2.89. The van der Waals surface area contributed by atoms with E-state index in [0.717, 1.165) is 0 Å². The van der Waals surface area contributed by atoms with E-state index in [2.05, 4.69) is 9.97 Å². The summed E-state index contributed by atoms with van der Waals surface area (Å²) in [6, 6.07) is 8.84. The Morgan fingerprint density at radius 3 is 2.64 bits per heavy atom. The molecule has 0 radical (unpaired) electrons. The van der Waals surface area contributed by atoms with Crippen molar-refractivity contribution < 1.29 is 19.0 Å². The van der Waals surface area contributed by atoms with E-state index in [1.807, 2.05) is 0 Å². The number of carbonyl (C=O) groups excluding carboxylic acids is 1.